The van der Waals surface area contributed by atoms with E-state index in [1.807, 2.05) is 14.2 Å². The summed E-state index contributed by atoms with van der Waals surface area (Å²) in [5.74, 6) is -9.93. The van der Waals surface area contributed by atoms with Crippen LogP contribution in [0.25, 0.3) is 10.8 Å². The first-order chi connectivity index (χ1) is 27.3. The number of carboxylic acid groups (broad SMARTS) is 6. The van der Waals surface area contributed by atoms with Crippen molar-refractivity contribution in [3.05, 3.63) is 117 Å². The summed E-state index contributed by atoms with van der Waals surface area (Å²) in [5, 5.41) is 54.8. The number of fused-ring (bicyclic) bond motifs is 1. The van der Waals surface area contributed by atoms with E-state index in [4.69, 9.17) is 11.6 Å². The Morgan fingerprint density at radius 1 is 0.390 bits per heavy atom. The van der Waals surface area contributed by atoms with Crippen LogP contribution in [0.3, 0.4) is 0 Å². The Kier molecular flexibility index (Phi) is 11.3. The van der Waals surface area contributed by atoms with Gasteiger partial charge in [-0.15, -0.1) is 0 Å². The van der Waals surface area contributed by atoms with Crippen molar-refractivity contribution in [2.75, 3.05) is 14.2 Å². The summed E-state index contributed by atoms with van der Waals surface area (Å²) in [7, 11) is -15.3. The lowest BCUT2D eigenvalue weighted by atomic mass is 10.1. The molecule has 0 fully saturated rings. The Bertz CT molecular complexity index is 2960. The lowest BCUT2D eigenvalue weighted by molar-refractivity contribution is 0.0676. The van der Waals surface area contributed by atoms with Gasteiger partial charge in [-0.25, -0.2) is 54.0 Å². The first kappa shape index (κ1) is 42.9. The van der Waals surface area contributed by atoms with Gasteiger partial charge in [0.2, 0.25) is 0 Å². The van der Waals surface area contributed by atoms with Crippen LogP contribution in [-0.2, 0) is 30.1 Å². The minimum atomic E-state index is -5.21. The van der Waals surface area contributed by atoms with Gasteiger partial charge in [-0.2, -0.15) is 0 Å². The van der Waals surface area contributed by atoms with Crippen LogP contribution in [0.2, 0.25) is 5.02 Å². The zero-order chi connectivity index (χ0) is 43.9. The topological polar surface area (TPSA) is 362 Å². The highest BCUT2D eigenvalue weighted by molar-refractivity contribution is 7.94. The molecule has 0 heterocycles. The summed E-state index contributed by atoms with van der Waals surface area (Å²) in [5.41, 5.74) is -5.90. The van der Waals surface area contributed by atoms with Crippen LogP contribution in [0.1, 0.15) is 62.1 Å². The summed E-state index contributed by atoms with van der Waals surface area (Å²) >= 11 is 6.47. The van der Waals surface area contributed by atoms with Crippen molar-refractivity contribution in [1.82, 2.24) is 0 Å². The minimum Gasteiger partial charge on any atom is -0.478 e. The molecule has 0 aromatic heterocycles. The number of nitrogens with one attached hydrogen (secondary N) is 3. The third kappa shape index (κ3) is 9.31. The van der Waals surface area contributed by atoms with Gasteiger partial charge in [0, 0.05) is 5.39 Å². The van der Waals surface area contributed by atoms with Crippen LogP contribution in [-0.4, -0.2) is 91.7 Å². The second kappa shape index (κ2) is 15.6. The molecule has 0 bridgehead atoms. The van der Waals surface area contributed by atoms with Crippen molar-refractivity contribution in [2.24, 2.45) is 0 Å². The predicted molar refractivity (Wildman–Crippen MR) is 202 cm³/mol. The van der Waals surface area contributed by atoms with E-state index in [1.54, 1.807) is 0 Å². The van der Waals surface area contributed by atoms with Crippen LogP contribution in [0.5, 0.6) is 0 Å². The molecule has 0 unspecified atom stereocenters. The number of benzene rings is 5. The Morgan fingerprint density at radius 2 is 0.661 bits per heavy atom. The van der Waals surface area contributed by atoms with Gasteiger partial charge in [0.05, 0.1) is 70.2 Å². The van der Waals surface area contributed by atoms with Gasteiger partial charge in [0.1, 0.15) is 0 Å². The molecule has 0 aliphatic heterocycles. The maximum Gasteiger partial charge on any atom is 0.335 e. The summed E-state index contributed by atoms with van der Waals surface area (Å²) in [6, 6.07) is 9.20. The molecular weight excluding hydrogens is 870 g/mol. The number of carboxylic acids is 6. The van der Waals surface area contributed by atoms with Gasteiger partial charge in [-0.05, 0) is 84.2 Å². The maximum absolute atomic E-state index is 14.1. The highest BCUT2D eigenvalue weighted by atomic mass is 35.5. The predicted octanol–water partition coefficient (Wildman–Crippen LogP) is 4.08. The molecule has 5 rings (SSSR count). The summed E-state index contributed by atoms with van der Waals surface area (Å²) in [6.45, 7) is 0. The standard InChI is InChI=1S/C34H22ClN3O18S3/c35-26-12-24(57(51,52)36-21-4-15(29(39)40)1-16(5-21)30(41)42)10-14-11-25(58(53,54)37-22-6-17(31(43)44)2-18(7-22)32(45)46)13-27(28(14)26)59(55,56)38-23-8-19(33(47)48)3-20(9-23)34(49)50/h1-13,36-38H,(H,39,40)(H,41,42)(H,43,44)(H,45,46)(H,47,48)(H,49,50). The molecular formula is C34H22ClN3O18S3. The minimum absolute atomic E-state index is 0.494. The van der Waals surface area contributed by atoms with Crippen molar-refractivity contribution in [1.29, 1.82) is 0 Å². The number of carbonyl (C=O) groups is 6. The fourth-order valence-electron chi connectivity index (χ4n) is 5.33. The van der Waals surface area contributed by atoms with Gasteiger partial charge < -0.3 is 30.6 Å². The van der Waals surface area contributed by atoms with Crippen molar-refractivity contribution >= 4 is 105 Å². The first-order valence-corrected chi connectivity index (χ1v) is 20.3. The zero-order valence-corrected chi connectivity index (χ0v) is 31.9. The van der Waals surface area contributed by atoms with E-state index in [0.29, 0.717) is 36.4 Å². The molecule has 0 saturated carbocycles. The van der Waals surface area contributed by atoms with Gasteiger partial charge >= 0.3 is 35.8 Å². The Balaban J connectivity index is 1.75. The monoisotopic (exact) mass is 891 g/mol. The van der Waals surface area contributed by atoms with E-state index in [-0.39, 0.29) is 0 Å². The fraction of sp³-hybridized carbons (Fsp3) is 0. The Hall–Kier alpha value is -7.28. The highest BCUT2D eigenvalue weighted by Crippen LogP contribution is 2.37. The fourth-order valence-corrected chi connectivity index (χ4v) is 9.38. The lowest BCUT2D eigenvalue weighted by Crippen LogP contribution is -2.18. The molecule has 306 valence electrons. The molecule has 0 aliphatic rings. The van der Waals surface area contributed by atoms with Crippen LogP contribution >= 0.6 is 11.6 Å². The number of hydrogen-bond acceptors (Lipinski definition) is 12. The molecule has 21 nitrogen and oxygen atoms in total. The average molecular weight is 892 g/mol. The largest absolute Gasteiger partial charge is 0.478 e. The number of anilines is 3. The summed E-state index contributed by atoms with van der Waals surface area (Å²) < 4.78 is 88.9. The van der Waals surface area contributed by atoms with Crippen LogP contribution in [0, 0.1) is 0 Å². The molecule has 5 aromatic rings. The van der Waals surface area contributed by atoms with Crippen LogP contribution in [0.15, 0.2) is 93.5 Å². The second-order valence-electron chi connectivity index (χ2n) is 12.0. The quantitative estimate of drug-likeness (QED) is 0.0714. The Labute approximate surface area is 334 Å². The molecule has 0 saturated heterocycles. The van der Waals surface area contributed by atoms with Gasteiger partial charge in [-0.1, -0.05) is 11.6 Å². The first-order valence-electron chi connectivity index (χ1n) is 15.5. The highest BCUT2D eigenvalue weighted by Gasteiger charge is 2.29. The van der Waals surface area contributed by atoms with E-state index in [1.165, 1.54) is 0 Å². The number of sulfonamides is 3. The van der Waals surface area contributed by atoms with Crippen molar-refractivity contribution in [2.45, 2.75) is 14.7 Å². The molecule has 25 heteroatoms. The summed E-state index contributed by atoms with van der Waals surface area (Å²) in [6.07, 6.45) is 0. The number of aromatic carboxylic acids is 6. The van der Waals surface area contributed by atoms with Crippen molar-refractivity contribution in [3.63, 3.8) is 0 Å². The van der Waals surface area contributed by atoms with Gasteiger partial charge in [-0.3, -0.25) is 14.2 Å². The molecule has 0 atom stereocenters. The molecule has 0 spiro atoms. The normalized spacial score (nSPS) is 11.7. The molecule has 59 heavy (non-hydrogen) atoms. The molecule has 5 aromatic carbocycles. The van der Waals surface area contributed by atoms with Crippen molar-refractivity contribution < 1.29 is 84.7 Å². The van der Waals surface area contributed by atoms with Crippen molar-refractivity contribution in [3.8, 4) is 0 Å². The number of rotatable bonds is 15. The Morgan fingerprint density at radius 3 is 0.949 bits per heavy atom. The average Bonchev–Trinajstić information content (AvgIpc) is 3.13. The molecule has 0 radical (unpaired) electrons. The van der Waals surface area contributed by atoms with E-state index in [9.17, 15) is 84.7 Å². The van der Waals surface area contributed by atoms with E-state index in [0.717, 1.165) is 42.5 Å². The SMILES string of the molecule is O=C(O)c1cc(NS(=O)(=O)c2cc(Cl)c3c(S(=O)(=O)Nc4cc(C(=O)O)cc(C(=O)O)c4)cc(S(=O)(=O)Nc4cc(C(=O)O)cc(C(=O)O)c4)cc3c2)cc(C(=O)O)c1. The third-order valence-electron chi connectivity index (χ3n) is 7.86. The lowest BCUT2D eigenvalue weighted by Gasteiger charge is -2.17. The number of hydrogen-bond donors (Lipinski definition) is 9. The maximum atomic E-state index is 14.1. The molecule has 9 N–H and O–H groups in total. The van der Waals surface area contributed by atoms with Crippen LogP contribution in [0.4, 0.5) is 17.1 Å². The van der Waals surface area contributed by atoms with Gasteiger partial charge in [0.15, 0.2) is 0 Å². The second-order valence-corrected chi connectivity index (χ2v) is 17.4. The molecule has 0 aliphatic carbocycles. The van der Waals surface area contributed by atoms with E-state index >= 15 is 0 Å². The smallest absolute Gasteiger partial charge is 0.335 e. The van der Waals surface area contributed by atoms with Gasteiger partial charge in [0.25, 0.3) is 30.1 Å². The van der Waals surface area contributed by atoms with Crippen LogP contribution < -0.4 is 14.2 Å². The summed E-state index contributed by atoms with van der Waals surface area (Å²) in [4.78, 5) is 67.0. The number of halogens is 1. The third-order valence-corrected chi connectivity index (χ3v) is 12.3. The molecule has 0 amide bonds. The zero-order valence-electron chi connectivity index (χ0n) is 28.7. The van der Waals surface area contributed by atoms with E-state index in [2.05, 4.69) is 0 Å². The van der Waals surface area contributed by atoms with E-state index < -0.39 is 147 Å².